The molecule has 20 heavy (non-hydrogen) atoms. The van der Waals surface area contributed by atoms with Gasteiger partial charge in [0.1, 0.15) is 0 Å². The predicted molar refractivity (Wildman–Crippen MR) is 75.2 cm³/mol. The number of hydrogen-bond donors (Lipinski definition) is 2. The van der Waals surface area contributed by atoms with Crippen LogP contribution in [0.3, 0.4) is 0 Å². The van der Waals surface area contributed by atoms with Crippen molar-refractivity contribution in [3.8, 4) is 0 Å². The summed E-state index contributed by atoms with van der Waals surface area (Å²) in [5, 5.41) is 11.9. The Hall–Kier alpha value is -1.59. The summed E-state index contributed by atoms with van der Waals surface area (Å²) in [5.41, 5.74) is 0.417. The molecule has 0 radical (unpaired) electrons. The van der Waals surface area contributed by atoms with Gasteiger partial charge in [-0.15, -0.1) is 0 Å². The Morgan fingerprint density at radius 1 is 1.45 bits per heavy atom. The number of benzene rings is 1. The standard InChI is InChI=1S/C14H16ClNO4/c1-8-6-9(4-5-20-8)13(17)16-10-2-3-12(15)11(7-10)14(18)19/h2-3,7-9H,4-6H2,1H3,(H,16,17)(H,18,19). The molecule has 2 rings (SSSR count). The van der Waals surface area contributed by atoms with E-state index in [1.807, 2.05) is 6.92 Å². The second kappa shape index (κ2) is 6.24. The molecule has 0 bridgehead atoms. The van der Waals surface area contributed by atoms with Crippen molar-refractivity contribution < 1.29 is 19.4 Å². The first-order valence-electron chi connectivity index (χ1n) is 6.42. The Bertz CT molecular complexity index is 532. The number of nitrogens with one attached hydrogen (secondary N) is 1. The van der Waals surface area contributed by atoms with E-state index >= 15 is 0 Å². The number of aromatic carboxylic acids is 1. The van der Waals surface area contributed by atoms with Gasteiger partial charge in [-0.3, -0.25) is 4.79 Å². The fourth-order valence-electron chi connectivity index (χ4n) is 2.25. The molecule has 1 aromatic carbocycles. The van der Waals surface area contributed by atoms with Gasteiger partial charge >= 0.3 is 5.97 Å². The first-order chi connectivity index (χ1) is 9.47. The van der Waals surface area contributed by atoms with Crippen molar-refractivity contribution in [2.75, 3.05) is 11.9 Å². The Labute approximate surface area is 121 Å². The van der Waals surface area contributed by atoms with Crippen LogP contribution < -0.4 is 5.32 Å². The van der Waals surface area contributed by atoms with Gasteiger partial charge in [-0.1, -0.05) is 11.6 Å². The highest BCUT2D eigenvalue weighted by Crippen LogP contribution is 2.24. The molecule has 1 aromatic rings. The molecule has 6 heteroatoms. The van der Waals surface area contributed by atoms with Crippen LogP contribution in [0.15, 0.2) is 18.2 Å². The van der Waals surface area contributed by atoms with E-state index in [0.29, 0.717) is 25.1 Å². The van der Waals surface area contributed by atoms with Crippen molar-refractivity contribution in [1.82, 2.24) is 0 Å². The van der Waals surface area contributed by atoms with Crippen LogP contribution in [0.25, 0.3) is 0 Å². The monoisotopic (exact) mass is 297 g/mol. The molecule has 1 aliphatic rings. The molecule has 0 aromatic heterocycles. The summed E-state index contributed by atoms with van der Waals surface area (Å²) in [6.07, 6.45) is 1.42. The molecule has 1 fully saturated rings. The minimum Gasteiger partial charge on any atom is -0.478 e. The number of rotatable bonds is 3. The Balaban J connectivity index is 2.07. The van der Waals surface area contributed by atoms with Crippen molar-refractivity contribution in [2.45, 2.75) is 25.9 Å². The summed E-state index contributed by atoms with van der Waals surface area (Å²) in [7, 11) is 0. The Morgan fingerprint density at radius 2 is 2.20 bits per heavy atom. The second-order valence-electron chi connectivity index (χ2n) is 4.89. The minimum atomic E-state index is -1.12. The zero-order chi connectivity index (χ0) is 14.7. The van der Waals surface area contributed by atoms with Gasteiger partial charge in [0.2, 0.25) is 5.91 Å². The fourth-order valence-corrected chi connectivity index (χ4v) is 2.45. The number of carbonyl (C=O) groups excluding carboxylic acids is 1. The van der Waals surface area contributed by atoms with Gasteiger partial charge in [0.05, 0.1) is 16.7 Å². The van der Waals surface area contributed by atoms with Crippen molar-refractivity contribution in [3.63, 3.8) is 0 Å². The van der Waals surface area contributed by atoms with Crippen molar-refractivity contribution in [3.05, 3.63) is 28.8 Å². The van der Waals surface area contributed by atoms with E-state index in [4.69, 9.17) is 21.4 Å². The molecule has 5 nitrogen and oxygen atoms in total. The minimum absolute atomic E-state index is 0.0233. The van der Waals surface area contributed by atoms with Crippen LogP contribution in [0.5, 0.6) is 0 Å². The van der Waals surface area contributed by atoms with E-state index in [-0.39, 0.29) is 28.5 Å². The Kier molecular flexibility index (Phi) is 4.62. The van der Waals surface area contributed by atoms with Gasteiger partial charge < -0.3 is 15.2 Å². The van der Waals surface area contributed by atoms with Crippen LogP contribution in [0.4, 0.5) is 5.69 Å². The quantitative estimate of drug-likeness (QED) is 0.899. The van der Waals surface area contributed by atoms with E-state index in [9.17, 15) is 9.59 Å². The van der Waals surface area contributed by atoms with Gasteiger partial charge in [-0.2, -0.15) is 0 Å². The summed E-state index contributed by atoms with van der Waals surface area (Å²) < 4.78 is 5.40. The average molecular weight is 298 g/mol. The molecule has 108 valence electrons. The number of halogens is 1. The lowest BCUT2D eigenvalue weighted by atomic mass is 9.95. The summed E-state index contributed by atoms with van der Waals surface area (Å²) in [5.74, 6) is -1.34. The molecule has 0 spiro atoms. The molecular formula is C14H16ClNO4. The molecule has 1 saturated heterocycles. The lowest BCUT2D eigenvalue weighted by Crippen LogP contribution is -2.32. The van der Waals surface area contributed by atoms with Crippen molar-refractivity contribution in [2.24, 2.45) is 5.92 Å². The molecule has 2 N–H and O–H groups in total. The molecular weight excluding hydrogens is 282 g/mol. The van der Waals surface area contributed by atoms with E-state index in [0.717, 1.165) is 0 Å². The number of ether oxygens (including phenoxy) is 1. The van der Waals surface area contributed by atoms with E-state index in [1.54, 1.807) is 6.07 Å². The maximum atomic E-state index is 12.1. The smallest absolute Gasteiger partial charge is 0.337 e. The number of carboxylic acid groups (broad SMARTS) is 1. The highest BCUT2D eigenvalue weighted by Gasteiger charge is 2.25. The molecule has 1 aliphatic heterocycles. The first kappa shape index (κ1) is 14.8. The van der Waals surface area contributed by atoms with Gasteiger partial charge in [-0.05, 0) is 38.0 Å². The van der Waals surface area contributed by atoms with E-state index in [1.165, 1.54) is 12.1 Å². The lowest BCUT2D eigenvalue weighted by molar-refractivity contribution is -0.124. The van der Waals surface area contributed by atoms with Crippen LogP contribution in [-0.2, 0) is 9.53 Å². The van der Waals surface area contributed by atoms with Gasteiger partial charge in [-0.25, -0.2) is 4.79 Å². The number of hydrogen-bond acceptors (Lipinski definition) is 3. The highest BCUT2D eigenvalue weighted by molar-refractivity contribution is 6.33. The maximum absolute atomic E-state index is 12.1. The van der Waals surface area contributed by atoms with Gasteiger partial charge in [0.25, 0.3) is 0 Å². The third-order valence-electron chi connectivity index (χ3n) is 3.32. The number of amides is 1. The molecule has 0 aliphatic carbocycles. The van der Waals surface area contributed by atoms with Crippen molar-refractivity contribution in [1.29, 1.82) is 0 Å². The molecule has 1 amide bonds. The topological polar surface area (TPSA) is 75.6 Å². The number of carboxylic acids is 1. The van der Waals surface area contributed by atoms with Crippen LogP contribution in [0, 0.1) is 5.92 Å². The third kappa shape index (κ3) is 3.49. The van der Waals surface area contributed by atoms with E-state index in [2.05, 4.69) is 5.32 Å². The fraction of sp³-hybridized carbons (Fsp3) is 0.429. The molecule has 1 heterocycles. The van der Waals surface area contributed by atoms with Crippen molar-refractivity contribution >= 4 is 29.2 Å². The molecule has 2 atom stereocenters. The lowest BCUT2D eigenvalue weighted by Gasteiger charge is -2.26. The first-order valence-corrected chi connectivity index (χ1v) is 6.80. The average Bonchev–Trinajstić information content (AvgIpc) is 2.40. The normalized spacial score (nSPS) is 22.3. The van der Waals surface area contributed by atoms with Crippen LogP contribution >= 0.6 is 11.6 Å². The van der Waals surface area contributed by atoms with E-state index < -0.39 is 5.97 Å². The largest absolute Gasteiger partial charge is 0.478 e. The summed E-state index contributed by atoms with van der Waals surface area (Å²) in [6.45, 7) is 2.50. The Morgan fingerprint density at radius 3 is 2.85 bits per heavy atom. The zero-order valence-electron chi connectivity index (χ0n) is 11.1. The number of anilines is 1. The van der Waals surface area contributed by atoms with Crippen LogP contribution in [0.1, 0.15) is 30.1 Å². The molecule has 2 unspecified atom stereocenters. The second-order valence-corrected chi connectivity index (χ2v) is 5.30. The molecule has 0 saturated carbocycles. The maximum Gasteiger partial charge on any atom is 0.337 e. The summed E-state index contributed by atoms with van der Waals surface area (Å²) in [6, 6.07) is 4.42. The third-order valence-corrected chi connectivity index (χ3v) is 3.65. The van der Waals surface area contributed by atoms with Crippen LogP contribution in [0.2, 0.25) is 5.02 Å². The summed E-state index contributed by atoms with van der Waals surface area (Å²) >= 11 is 5.79. The van der Waals surface area contributed by atoms with Crippen LogP contribution in [-0.4, -0.2) is 29.7 Å². The van der Waals surface area contributed by atoms with Gasteiger partial charge in [0.15, 0.2) is 0 Å². The predicted octanol–water partition coefficient (Wildman–Crippen LogP) is 2.79. The highest BCUT2D eigenvalue weighted by atomic mass is 35.5. The summed E-state index contributed by atoms with van der Waals surface area (Å²) in [4.78, 5) is 23.1. The SMILES string of the molecule is CC1CC(C(=O)Nc2ccc(Cl)c(C(=O)O)c2)CCO1. The van der Waals surface area contributed by atoms with Gasteiger partial charge in [0, 0.05) is 18.2 Å². The number of carbonyl (C=O) groups is 2. The zero-order valence-corrected chi connectivity index (χ0v) is 11.8.